The van der Waals surface area contributed by atoms with E-state index in [-0.39, 0.29) is 21.6 Å². The van der Waals surface area contributed by atoms with Gasteiger partial charge in [0, 0.05) is 5.39 Å². The number of ether oxygens (including phenoxy) is 1. The van der Waals surface area contributed by atoms with Crippen LogP contribution in [0.2, 0.25) is 5.02 Å². The van der Waals surface area contributed by atoms with Crippen molar-refractivity contribution in [2.75, 3.05) is 7.11 Å². The zero-order valence-electron chi connectivity index (χ0n) is 9.58. The molecule has 0 aliphatic heterocycles. The largest absolute Gasteiger partial charge is 0.464 e. The number of carbonyl (C=O) groups excluding carboxylic acids is 1. The first-order valence-corrected chi connectivity index (χ1v) is 5.46. The van der Waals surface area contributed by atoms with Gasteiger partial charge in [0.25, 0.3) is 0 Å². The summed E-state index contributed by atoms with van der Waals surface area (Å²) in [6, 6.07) is 4.12. The molecule has 1 aromatic carbocycles. The molecule has 0 spiro atoms. The van der Waals surface area contributed by atoms with Crippen LogP contribution in [0.25, 0.3) is 10.9 Å². The van der Waals surface area contributed by atoms with Crippen molar-refractivity contribution >= 4 is 28.5 Å². The smallest absolute Gasteiger partial charge is 0.416 e. The summed E-state index contributed by atoms with van der Waals surface area (Å²) in [5.41, 5.74) is -0.685. The van der Waals surface area contributed by atoms with Crippen molar-refractivity contribution in [2.45, 2.75) is 6.18 Å². The maximum Gasteiger partial charge on any atom is 0.416 e. The molecule has 3 nitrogen and oxygen atoms in total. The molecule has 0 saturated heterocycles. The summed E-state index contributed by atoms with van der Waals surface area (Å²) in [6.07, 6.45) is -4.46. The van der Waals surface area contributed by atoms with Gasteiger partial charge < -0.3 is 4.74 Å². The Morgan fingerprint density at radius 3 is 2.58 bits per heavy atom. The number of alkyl halides is 3. The molecule has 0 aliphatic rings. The lowest BCUT2D eigenvalue weighted by Crippen LogP contribution is -2.06. The quantitative estimate of drug-likeness (QED) is 0.752. The van der Waals surface area contributed by atoms with Crippen LogP contribution in [0.4, 0.5) is 13.2 Å². The van der Waals surface area contributed by atoms with Crippen LogP contribution in [0.15, 0.2) is 24.3 Å². The monoisotopic (exact) mass is 289 g/mol. The fourth-order valence-corrected chi connectivity index (χ4v) is 1.82. The Balaban J connectivity index is 2.63. The molecule has 100 valence electrons. The molecule has 0 unspecified atom stereocenters. The molecule has 2 rings (SSSR count). The maximum absolute atomic E-state index is 12.6. The maximum atomic E-state index is 12.6. The number of nitrogens with zero attached hydrogens (tertiary/aromatic N) is 1. The molecule has 0 N–H and O–H groups in total. The van der Waals surface area contributed by atoms with E-state index in [1.165, 1.54) is 13.2 Å². The summed E-state index contributed by atoms with van der Waals surface area (Å²) in [6.45, 7) is 0. The molecule has 0 aliphatic carbocycles. The number of pyridine rings is 1. The molecule has 0 fully saturated rings. The van der Waals surface area contributed by atoms with E-state index in [4.69, 9.17) is 11.6 Å². The Labute approximate surface area is 111 Å². The summed E-state index contributed by atoms with van der Waals surface area (Å²) in [7, 11) is 1.18. The average molecular weight is 290 g/mol. The lowest BCUT2D eigenvalue weighted by Gasteiger charge is -2.09. The molecule has 1 heterocycles. The van der Waals surface area contributed by atoms with Gasteiger partial charge in [-0.3, -0.25) is 0 Å². The molecule has 0 radical (unpaired) electrons. The number of aromatic nitrogens is 1. The molecule has 0 bridgehead atoms. The lowest BCUT2D eigenvalue weighted by atomic mass is 10.1. The van der Waals surface area contributed by atoms with E-state index in [0.29, 0.717) is 0 Å². The molecular formula is C12H7ClF3NO2. The summed E-state index contributed by atoms with van der Waals surface area (Å²) >= 11 is 5.87. The van der Waals surface area contributed by atoms with E-state index in [2.05, 4.69) is 9.72 Å². The minimum absolute atomic E-state index is 0.0106. The fraction of sp³-hybridized carbons (Fsp3) is 0.167. The Morgan fingerprint density at radius 2 is 2.00 bits per heavy atom. The van der Waals surface area contributed by atoms with Gasteiger partial charge >= 0.3 is 12.1 Å². The normalized spacial score (nSPS) is 11.6. The molecular weight excluding hydrogens is 283 g/mol. The number of rotatable bonds is 1. The number of halogens is 4. The van der Waals surface area contributed by atoms with Crippen LogP contribution < -0.4 is 0 Å². The van der Waals surface area contributed by atoms with Crippen molar-refractivity contribution in [2.24, 2.45) is 0 Å². The Morgan fingerprint density at radius 1 is 1.32 bits per heavy atom. The predicted octanol–water partition coefficient (Wildman–Crippen LogP) is 3.69. The first-order valence-electron chi connectivity index (χ1n) is 5.09. The Bertz CT molecular complexity index is 655. The molecule has 2 aromatic rings. The second kappa shape index (κ2) is 4.70. The van der Waals surface area contributed by atoms with Gasteiger partial charge in [-0.25, -0.2) is 9.78 Å². The van der Waals surface area contributed by atoms with Gasteiger partial charge in [-0.2, -0.15) is 13.2 Å². The Hall–Kier alpha value is -1.82. The predicted molar refractivity (Wildman–Crippen MR) is 63.1 cm³/mol. The van der Waals surface area contributed by atoms with Crippen molar-refractivity contribution in [1.82, 2.24) is 4.98 Å². The third-order valence-electron chi connectivity index (χ3n) is 2.48. The highest BCUT2D eigenvalue weighted by molar-refractivity contribution is 6.35. The molecule has 0 saturated carbocycles. The van der Waals surface area contributed by atoms with Crippen molar-refractivity contribution in [1.29, 1.82) is 0 Å². The van der Waals surface area contributed by atoms with Crippen molar-refractivity contribution in [3.63, 3.8) is 0 Å². The van der Waals surface area contributed by atoms with Crippen LogP contribution in [0.5, 0.6) is 0 Å². The van der Waals surface area contributed by atoms with Crippen LogP contribution in [-0.4, -0.2) is 18.1 Å². The average Bonchev–Trinajstić information content (AvgIpc) is 2.36. The number of fused-ring (bicyclic) bond motifs is 1. The number of benzene rings is 1. The van der Waals surface area contributed by atoms with Crippen molar-refractivity contribution in [3.8, 4) is 0 Å². The highest BCUT2D eigenvalue weighted by Gasteiger charge is 2.30. The van der Waals surface area contributed by atoms with Crippen molar-refractivity contribution in [3.05, 3.63) is 40.5 Å². The number of esters is 1. The van der Waals surface area contributed by atoms with Gasteiger partial charge in [0.2, 0.25) is 0 Å². The fourth-order valence-electron chi connectivity index (χ4n) is 1.57. The molecule has 7 heteroatoms. The van der Waals surface area contributed by atoms with Crippen molar-refractivity contribution < 1.29 is 22.7 Å². The minimum Gasteiger partial charge on any atom is -0.464 e. The van der Waals surface area contributed by atoms with E-state index in [9.17, 15) is 18.0 Å². The van der Waals surface area contributed by atoms with Gasteiger partial charge in [-0.05, 0) is 24.3 Å². The molecule has 0 atom stereocenters. The van der Waals surface area contributed by atoms with Gasteiger partial charge in [0.15, 0.2) is 5.69 Å². The Kier molecular flexibility index (Phi) is 3.36. The number of carbonyl (C=O) groups is 1. The summed E-state index contributed by atoms with van der Waals surface area (Å²) < 4.78 is 42.2. The second-order valence-electron chi connectivity index (χ2n) is 3.71. The first kappa shape index (κ1) is 13.6. The number of methoxy groups -OCH3 is 1. The number of hydrogen-bond donors (Lipinski definition) is 0. The second-order valence-corrected chi connectivity index (χ2v) is 4.12. The van der Waals surface area contributed by atoms with Crippen LogP contribution in [-0.2, 0) is 10.9 Å². The van der Waals surface area contributed by atoms with Crippen LogP contribution >= 0.6 is 11.6 Å². The third-order valence-corrected chi connectivity index (χ3v) is 2.79. The first-order chi connectivity index (χ1) is 8.82. The van der Waals surface area contributed by atoms with Gasteiger partial charge in [-0.1, -0.05) is 11.6 Å². The van der Waals surface area contributed by atoms with Gasteiger partial charge in [-0.15, -0.1) is 0 Å². The van der Waals surface area contributed by atoms with E-state index in [0.717, 1.165) is 18.2 Å². The highest BCUT2D eigenvalue weighted by Crippen LogP contribution is 2.33. The summed E-state index contributed by atoms with van der Waals surface area (Å²) in [5, 5.41) is 0.139. The lowest BCUT2D eigenvalue weighted by molar-refractivity contribution is -0.137. The molecule has 0 amide bonds. The van der Waals surface area contributed by atoms with E-state index in [1.54, 1.807) is 0 Å². The van der Waals surface area contributed by atoms with Gasteiger partial charge in [0.05, 0.1) is 23.2 Å². The van der Waals surface area contributed by atoms with E-state index >= 15 is 0 Å². The standard InChI is InChI=1S/C12H7ClF3NO2/c1-19-11(18)10-5-8(13)7-4-6(12(14,15)16)2-3-9(7)17-10/h2-5H,1H3. The van der Waals surface area contributed by atoms with E-state index < -0.39 is 17.7 Å². The van der Waals surface area contributed by atoms with Crippen LogP contribution in [0, 0.1) is 0 Å². The topological polar surface area (TPSA) is 39.2 Å². The van der Waals surface area contributed by atoms with Crippen LogP contribution in [0.3, 0.4) is 0 Å². The number of hydrogen-bond acceptors (Lipinski definition) is 3. The summed E-state index contributed by atoms with van der Waals surface area (Å²) in [4.78, 5) is 15.2. The molecule has 1 aromatic heterocycles. The third kappa shape index (κ3) is 2.63. The minimum atomic E-state index is -4.46. The SMILES string of the molecule is COC(=O)c1cc(Cl)c2cc(C(F)(F)F)ccc2n1. The summed E-state index contributed by atoms with van der Waals surface area (Å²) in [5.74, 6) is -0.705. The van der Waals surface area contributed by atoms with Crippen LogP contribution in [0.1, 0.15) is 16.1 Å². The highest BCUT2D eigenvalue weighted by atomic mass is 35.5. The zero-order valence-corrected chi connectivity index (χ0v) is 10.3. The van der Waals surface area contributed by atoms with E-state index in [1.807, 2.05) is 0 Å². The molecule has 19 heavy (non-hydrogen) atoms. The zero-order chi connectivity index (χ0) is 14.2. The van der Waals surface area contributed by atoms with Gasteiger partial charge in [0.1, 0.15) is 0 Å².